The van der Waals surface area contributed by atoms with Crippen molar-refractivity contribution in [2.75, 3.05) is 6.54 Å². The van der Waals surface area contributed by atoms with Crippen LogP contribution in [-0.4, -0.2) is 46.9 Å². The molecule has 38 heavy (non-hydrogen) atoms. The smallest absolute Gasteiger partial charge is 0.408 e. The molecular weight excluding hydrogens is 484 g/mol. The molecular formula is C29H38N4O5. The SMILES string of the molecule is C=CCN(C(=O)C(CC(N)=O)NC(=O)OC(C)(C)C)C(C(=O)NCc1ccccc1)c1cc(C)cc(C)c1. The van der Waals surface area contributed by atoms with Crippen molar-refractivity contribution >= 4 is 23.8 Å². The van der Waals surface area contributed by atoms with Gasteiger partial charge in [0.05, 0.1) is 6.42 Å². The van der Waals surface area contributed by atoms with Crippen LogP contribution >= 0.6 is 0 Å². The van der Waals surface area contributed by atoms with E-state index < -0.39 is 47.9 Å². The van der Waals surface area contributed by atoms with Gasteiger partial charge in [0.25, 0.3) is 0 Å². The number of amides is 4. The van der Waals surface area contributed by atoms with Gasteiger partial charge >= 0.3 is 6.09 Å². The minimum Gasteiger partial charge on any atom is -0.444 e. The van der Waals surface area contributed by atoms with Crippen LogP contribution in [0.4, 0.5) is 4.79 Å². The zero-order valence-electron chi connectivity index (χ0n) is 22.7. The largest absolute Gasteiger partial charge is 0.444 e. The molecule has 0 heterocycles. The Balaban J connectivity index is 2.49. The highest BCUT2D eigenvalue weighted by atomic mass is 16.6. The predicted molar refractivity (Wildman–Crippen MR) is 146 cm³/mol. The highest BCUT2D eigenvalue weighted by Crippen LogP contribution is 2.25. The number of hydrogen-bond acceptors (Lipinski definition) is 5. The Labute approximate surface area is 224 Å². The summed E-state index contributed by atoms with van der Waals surface area (Å²) < 4.78 is 5.28. The lowest BCUT2D eigenvalue weighted by Crippen LogP contribution is -2.54. The van der Waals surface area contributed by atoms with E-state index in [0.717, 1.165) is 16.7 Å². The standard InChI is InChI=1S/C29H38N4O5/c1-7-13-33(27(36)23(17-24(30)34)32-28(37)38-29(4,5)6)25(22-15-19(2)14-20(3)16-22)26(35)31-18-21-11-9-8-10-12-21/h7-12,14-16,23,25H,1,13,17-18H2,2-6H3,(H2,30,34)(H,31,35)(H,32,37). The number of alkyl carbamates (subject to hydrolysis) is 1. The first-order chi connectivity index (χ1) is 17.8. The number of carbonyl (C=O) groups is 4. The van der Waals surface area contributed by atoms with Crippen LogP contribution in [0.25, 0.3) is 0 Å². The second kappa shape index (κ2) is 13.4. The number of primary amides is 1. The summed E-state index contributed by atoms with van der Waals surface area (Å²) >= 11 is 0. The number of hydrogen-bond donors (Lipinski definition) is 3. The molecule has 4 amide bonds. The highest BCUT2D eigenvalue weighted by Gasteiger charge is 2.36. The van der Waals surface area contributed by atoms with Crippen molar-refractivity contribution in [2.24, 2.45) is 5.73 Å². The molecule has 2 aromatic rings. The molecule has 0 saturated heterocycles. The number of ether oxygens (including phenoxy) is 1. The number of nitrogens with zero attached hydrogens (tertiary/aromatic N) is 1. The maximum absolute atomic E-state index is 13.9. The van der Waals surface area contributed by atoms with Gasteiger partial charge in [-0.05, 0) is 45.7 Å². The Bertz CT molecular complexity index is 1140. The predicted octanol–water partition coefficient (Wildman–Crippen LogP) is 3.44. The summed E-state index contributed by atoms with van der Waals surface area (Å²) in [6.45, 7) is 12.8. The lowest BCUT2D eigenvalue weighted by Gasteiger charge is -2.34. The third kappa shape index (κ3) is 9.38. The quantitative estimate of drug-likeness (QED) is 0.389. The van der Waals surface area contributed by atoms with E-state index in [1.807, 2.05) is 62.4 Å². The number of nitrogens with two attached hydrogens (primary N) is 1. The molecule has 0 aromatic heterocycles. The number of nitrogens with one attached hydrogen (secondary N) is 2. The van der Waals surface area contributed by atoms with Crippen LogP contribution in [0.2, 0.25) is 0 Å². The minimum absolute atomic E-state index is 0.0273. The van der Waals surface area contributed by atoms with Gasteiger partial charge in [0.15, 0.2) is 0 Å². The topological polar surface area (TPSA) is 131 Å². The Morgan fingerprint density at radius 1 is 1.05 bits per heavy atom. The summed E-state index contributed by atoms with van der Waals surface area (Å²) in [5, 5.41) is 5.36. The third-order valence-electron chi connectivity index (χ3n) is 5.43. The van der Waals surface area contributed by atoms with Gasteiger partial charge in [0.1, 0.15) is 17.7 Å². The van der Waals surface area contributed by atoms with E-state index in [1.165, 1.54) is 11.0 Å². The lowest BCUT2D eigenvalue weighted by molar-refractivity contribution is -0.142. The van der Waals surface area contributed by atoms with Crippen molar-refractivity contribution in [1.29, 1.82) is 0 Å². The van der Waals surface area contributed by atoms with Gasteiger partial charge in [-0.3, -0.25) is 14.4 Å². The molecule has 0 spiro atoms. The number of benzene rings is 2. The molecule has 2 rings (SSSR count). The van der Waals surface area contributed by atoms with Gasteiger partial charge in [0, 0.05) is 13.1 Å². The van der Waals surface area contributed by atoms with E-state index in [0.29, 0.717) is 5.56 Å². The third-order valence-corrected chi connectivity index (χ3v) is 5.43. The van der Waals surface area contributed by atoms with Crippen LogP contribution in [0.3, 0.4) is 0 Å². The molecule has 9 nitrogen and oxygen atoms in total. The Morgan fingerprint density at radius 3 is 2.18 bits per heavy atom. The summed E-state index contributed by atoms with van der Waals surface area (Å²) in [7, 11) is 0. The van der Waals surface area contributed by atoms with Crippen molar-refractivity contribution in [1.82, 2.24) is 15.5 Å². The fraction of sp³-hybridized carbons (Fsp3) is 0.379. The molecule has 0 radical (unpaired) electrons. The molecule has 4 N–H and O–H groups in total. The van der Waals surface area contributed by atoms with Gasteiger partial charge < -0.3 is 26.0 Å². The first-order valence-corrected chi connectivity index (χ1v) is 12.4. The van der Waals surface area contributed by atoms with E-state index in [4.69, 9.17) is 10.5 Å². The van der Waals surface area contributed by atoms with Crippen molar-refractivity contribution < 1.29 is 23.9 Å². The Morgan fingerprint density at radius 2 is 1.66 bits per heavy atom. The van der Waals surface area contributed by atoms with Crippen LogP contribution in [-0.2, 0) is 25.7 Å². The monoisotopic (exact) mass is 522 g/mol. The van der Waals surface area contributed by atoms with E-state index in [2.05, 4.69) is 17.2 Å². The summed E-state index contributed by atoms with van der Waals surface area (Å²) in [5.41, 5.74) is 7.87. The van der Waals surface area contributed by atoms with Crippen LogP contribution in [0.15, 0.2) is 61.2 Å². The van der Waals surface area contributed by atoms with Gasteiger partial charge in [-0.15, -0.1) is 6.58 Å². The fourth-order valence-corrected chi connectivity index (χ4v) is 4.04. The van der Waals surface area contributed by atoms with Gasteiger partial charge in [0.2, 0.25) is 17.7 Å². The molecule has 204 valence electrons. The Hall–Kier alpha value is -4.14. The summed E-state index contributed by atoms with van der Waals surface area (Å²) in [6, 6.07) is 12.6. The molecule has 2 unspecified atom stereocenters. The van der Waals surface area contributed by atoms with Crippen LogP contribution in [0.1, 0.15) is 55.5 Å². The normalized spacial score (nSPS) is 12.6. The number of aryl methyl sites for hydroxylation is 2. The summed E-state index contributed by atoms with van der Waals surface area (Å²) in [4.78, 5) is 53.2. The van der Waals surface area contributed by atoms with E-state index in [-0.39, 0.29) is 13.1 Å². The second-order valence-electron chi connectivity index (χ2n) is 10.2. The molecule has 9 heteroatoms. The molecule has 0 saturated carbocycles. The Kier molecular flexibility index (Phi) is 10.6. The molecule has 0 bridgehead atoms. The van der Waals surface area contributed by atoms with Crippen molar-refractivity contribution in [2.45, 2.75) is 65.3 Å². The number of rotatable bonds is 11. The van der Waals surface area contributed by atoms with Gasteiger partial charge in [-0.1, -0.05) is 65.7 Å². The minimum atomic E-state index is -1.35. The van der Waals surface area contributed by atoms with E-state index in [1.54, 1.807) is 20.8 Å². The van der Waals surface area contributed by atoms with Gasteiger partial charge in [-0.2, -0.15) is 0 Å². The van der Waals surface area contributed by atoms with Crippen molar-refractivity contribution in [3.63, 3.8) is 0 Å². The average molecular weight is 523 g/mol. The van der Waals surface area contributed by atoms with Crippen LogP contribution < -0.4 is 16.4 Å². The number of carbonyl (C=O) groups excluding carboxylic acids is 4. The zero-order chi connectivity index (χ0) is 28.5. The van der Waals surface area contributed by atoms with E-state index in [9.17, 15) is 19.2 Å². The molecule has 0 aliphatic carbocycles. The maximum Gasteiger partial charge on any atom is 0.408 e. The molecule has 0 aliphatic heterocycles. The zero-order valence-corrected chi connectivity index (χ0v) is 22.7. The van der Waals surface area contributed by atoms with Crippen LogP contribution in [0.5, 0.6) is 0 Å². The maximum atomic E-state index is 13.9. The van der Waals surface area contributed by atoms with Crippen molar-refractivity contribution in [3.8, 4) is 0 Å². The molecule has 0 aliphatic rings. The van der Waals surface area contributed by atoms with Crippen molar-refractivity contribution in [3.05, 3.63) is 83.4 Å². The van der Waals surface area contributed by atoms with Crippen LogP contribution in [0, 0.1) is 13.8 Å². The van der Waals surface area contributed by atoms with Gasteiger partial charge in [-0.25, -0.2) is 4.79 Å². The average Bonchev–Trinajstić information content (AvgIpc) is 2.80. The molecule has 0 fully saturated rings. The highest BCUT2D eigenvalue weighted by molar-refractivity contribution is 5.94. The summed E-state index contributed by atoms with van der Waals surface area (Å²) in [5.74, 6) is -1.90. The fourth-order valence-electron chi connectivity index (χ4n) is 4.04. The second-order valence-corrected chi connectivity index (χ2v) is 10.2. The lowest BCUT2D eigenvalue weighted by atomic mass is 9.98. The first-order valence-electron chi connectivity index (χ1n) is 12.4. The molecule has 2 aromatic carbocycles. The summed E-state index contributed by atoms with van der Waals surface area (Å²) in [6.07, 6.45) is 0.121. The first kappa shape index (κ1) is 30.1. The van der Waals surface area contributed by atoms with E-state index >= 15 is 0 Å². The molecule has 2 atom stereocenters.